The summed E-state index contributed by atoms with van der Waals surface area (Å²) < 4.78 is 1.01. The maximum absolute atomic E-state index is 13.2. The summed E-state index contributed by atoms with van der Waals surface area (Å²) in [5.41, 5.74) is 0.884. The minimum absolute atomic E-state index is 0.0820. The molecule has 3 aromatic rings. The third-order valence-electron chi connectivity index (χ3n) is 4.12. The summed E-state index contributed by atoms with van der Waals surface area (Å²) in [5.74, 6) is 0.115. The van der Waals surface area contributed by atoms with Crippen LogP contribution in [0.4, 0.5) is 0 Å². The maximum atomic E-state index is 13.2. The molecule has 4 nitrogen and oxygen atoms in total. The second kappa shape index (κ2) is 8.08. The molecule has 136 valence electrons. The summed E-state index contributed by atoms with van der Waals surface area (Å²) in [7, 11) is 3.95. The Morgan fingerprint density at radius 1 is 1.12 bits per heavy atom. The number of benzene rings is 2. The quantitative estimate of drug-likeness (QED) is 0.677. The number of carbonyl (C=O) groups is 1. The highest BCUT2D eigenvalue weighted by Gasteiger charge is 2.23. The SMILES string of the molecule is CN(C)CCN(Cc1cccc(O)c1)C(=O)c1sc2ccccc2c1Cl. The van der Waals surface area contributed by atoms with Crippen LogP contribution in [0.2, 0.25) is 5.02 Å². The lowest BCUT2D eigenvalue weighted by Gasteiger charge is -2.24. The number of halogens is 1. The zero-order valence-electron chi connectivity index (χ0n) is 14.8. The maximum Gasteiger partial charge on any atom is 0.265 e. The second-order valence-corrected chi connectivity index (χ2v) is 7.87. The number of carbonyl (C=O) groups excluding carboxylic acids is 1. The van der Waals surface area contributed by atoms with Crippen LogP contribution in [-0.2, 0) is 6.54 Å². The Hall–Kier alpha value is -2.08. The topological polar surface area (TPSA) is 43.8 Å². The molecule has 1 heterocycles. The van der Waals surface area contributed by atoms with E-state index in [2.05, 4.69) is 0 Å². The van der Waals surface area contributed by atoms with Crippen LogP contribution in [0.3, 0.4) is 0 Å². The van der Waals surface area contributed by atoms with Crippen molar-refractivity contribution in [3.05, 3.63) is 64.0 Å². The van der Waals surface area contributed by atoms with Crippen molar-refractivity contribution in [1.82, 2.24) is 9.80 Å². The van der Waals surface area contributed by atoms with Crippen LogP contribution < -0.4 is 0 Å². The Morgan fingerprint density at radius 2 is 1.88 bits per heavy atom. The lowest BCUT2D eigenvalue weighted by Crippen LogP contribution is -2.36. The molecule has 0 unspecified atom stereocenters. The normalized spacial score (nSPS) is 11.2. The lowest BCUT2D eigenvalue weighted by atomic mass is 10.2. The van der Waals surface area contributed by atoms with Crippen molar-refractivity contribution in [3.63, 3.8) is 0 Å². The van der Waals surface area contributed by atoms with Crippen molar-refractivity contribution in [3.8, 4) is 5.75 Å². The average molecular weight is 389 g/mol. The molecule has 0 spiro atoms. The molecular formula is C20H21ClN2O2S. The number of hydrogen-bond acceptors (Lipinski definition) is 4. The molecule has 2 aromatic carbocycles. The standard InChI is InChI=1S/C20H21ClN2O2S/c1-22(2)10-11-23(13-14-6-5-7-15(24)12-14)20(25)19-18(21)16-8-3-4-9-17(16)26-19/h3-9,12,24H,10-11,13H2,1-2H3. The van der Waals surface area contributed by atoms with Gasteiger partial charge in [0.1, 0.15) is 10.6 Å². The highest BCUT2D eigenvalue weighted by atomic mass is 35.5. The number of phenols is 1. The third-order valence-corrected chi connectivity index (χ3v) is 5.78. The number of hydrogen-bond donors (Lipinski definition) is 1. The van der Waals surface area contributed by atoms with Crippen LogP contribution in [0.5, 0.6) is 5.75 Å². The number of phenolic OH excluding ortho intramolecular Hbond substituents is 1. The van der Waals surface area contributed by atoms with Gasteiger partial charge in [0, 0.05) is 29.7 Å². The van der Waals surface area contributed by atoms with Gasteiger partial charge in [0.05, 0.1) is 5.02 Å². The summed E-state index contributed by atoms with van der Waals surface area (Å²) in [5, 5.41) is 11.1. The van der Waals surface area contributed by atoms with Crippen LogP contribution in [0.15, 0.2) is 48.5 Å². The Bertz CT molecular complexity index is 923. The number of rotatable bonds is 6. The summed E-state index contributed by atoms with van der Waals surface area (Å²) >= 11 is 7.92. The fourth-order valence-corrected chi connectivity index (χ4v) is 4.22. The predicted octanol–water partition coefficient (Wildman–Crippen LogP) is 4.46. The number of thiophene rings is 1. The molecule has 1 amide bonds. The van der Waals surface area contributed by atoms with E-state index in [-0.39, 0.29) is 11.7 Å². The van der Waals surface area contributed by atoms with Crippen molar-refractivity contribution in [2.45, 2.75) is 6.54 Å². The Kier molecular flexibility index (Phi) is 5.81. The van der Waals surface area contributed by atoms with E-state index in [9.17, 15) is 9.90 Å². The number of aromatic hydroxyl groups is 1. The molecule has 0 fully saturated rings. The van der Waals surface area contributed by atoms with Gasteiger partial charge < -0.3 is 14.9 Å². The molecule has 0 saturated heterocycles. The van der Waals surface area contributed by atoms with Gasteiger partial charge in [0.25, 0.3) is 5.91 Å². The molecule has 26 heavy (non-hydrogen) atoms. The van der Waals surface area contributed by atoms with Gasteiger partial charge in [0.15, 0.2) is 0 Å². The molecule has 0 bridgehead atoms. The fraction of sp³-hybridized carbons (Fsp3) is 0.250. The number of nitrogens with zero attached hydrogens (tertiary/aromatic N) is 2. The summed E-state index contributed by atoms with van der Waals surface area (Å²) in [6, 6.07) is 14.8. The van der Waals surface area contributed by atoms with Gasteiger partial charge in [-0.25, -0.2) is 0 Å². The van der Waals surface area contributed by atoms with E-state index in [1.807, 2.05) is 49.3 Å². The number of amides is 1. The van der Waals surface area contributed by atoms with Gasteiger partial charge in [-0.05, 0) is 37.9 Å². The van der Waals surface area contributed by atoms with Crippen LogP contribution >= 0.6 is 22.9 Å². The average Bonchev–Trinajstić information content (AvgIpc) is 2.95. The zero-order chi connectivity index (χ0) is 18.7. The highest BCUT2D eigenvalue weighted by molar-refractivity contribution is 7.21. The van der Waals surface area contributed by atoms with Crippen molar-refractivity contribution in [2.24, 2.45) is 0 Å². The first-order chi connectivity index (χ1) is 12.5. The van der Waals surface area contributed by atoms with Gasteiger partial charge in [-0.2, -0.15) is 0 Å². The minimum Gasteiger partial charge on any atom is -0.508 e. The first-order valence-electron chi connectivity index (χ1n) is 8.34. The summed E-state index contributed by atoms with van der Waals surface area (Å²) in [6.07, 6.45) is 0. The monoisotopic (exact) mass is 388 g/mol. The summed E-state index contributed by atoms with van der Waals surface area (Å²) in [4.78, 5) is 17.6. The molecule has 3 rings (SSSR count). The Morgan fingerprint density at radius 3 is 2.58 bits per heavy atom. The molecular weight excluding hydrogens is 368 g/mol. The molecule has 1 N–H and O–H groups in total. The second-order valence-electron chi connectivity index (χ2n) is 6.44. The molecule has 6 heteroatoms. The molecule has 0 aliphatic heterocycles. The van der Waals surface area contributed by atoms with Crippen LogP contribution in [0, 0.1) is 0 Å². The molecule has 0 aliphatic rings. The van der Waals surface area contributed by atoms with E-state index < -0.39 is 0 Å². The van der Waals surface area contributed by atoms with Gasteiger partial charge in [-0.1, -0.05) is 41.9 Å². The van der Waals surface area contributed by atoms with E-state index >= 15 is 0 Å². The largest absolute Gasteiger partial charge is 0.508 e. The van der Waals surface area contributed by atoms with Crippen LogP contribution in [0.25, 0.3) is 10.1 Å². The predicted molar refractivity (Wildman–Crippen MR) is 108 cm³/mol. The van der Waals surface area contributed by atoms with Gasteiger partial charge >= 0.3 is 0 Å². The zero-order valence-corrected chi connectivity index (χ0v) is 16.3. The molecule has 0 aliphatic carbocycles. The highest BCUT2D eigenvalue weighted by Crippen LogP contribution is 2.36. The first kappa shape index (κ1) is 18.7. The Balaban J connectivity index is 1.91. The summed E-state index contributed by atoms with van der Waals surface area (Å²) in [6.45, 7) is 1.74. The minimum atomic E-state index is -0.0820. The molecule has 1 aromatic heterocycles. The van der Waals surface area contributed by atoms with Crippen LogP contribution in [0.1, 0.15) is 15.2 Å². The molecule has 0 saturated carbocycles. The third kappa shape index (κ3) is 4.18. The van der Waals surface area contributed by atoms with Crippen molar-refractivity contribution < 1.29 is 9.90 Å². The van der Waals surface area contributed by atoms with Crippen molar-refractivity contribution in [1.29, 1.82) is 0 Å². The number of likely N-dealkylation sites (N-methyl/N-ethyl adjacent to an activating group) is 1. The van der Waals surface area contributed by atoms with Gasteiger partial charge in [0.2, 0.25) is 0 Å². The van der Waals surface area contributed by atoms with E-state index in [0.717, 1.165) is 22.2 Å². The first-order valence-corrected chi connectivity index (χ1v) is 9.54. The smallest absolute Gasteiger partial charge is 0.265 e. The molecule has 0 atom stereocenters. The van der Waals surface area contributed by atoms with Crippen LogP contribution in [-0.4, -0.2) is 48.0 Å². The lowest BCUT2D eigenvalue weighted by molar-refractivity contribution is 0.0737. The fourth-order valence-electron chi connectivity index (χ4n) is 2.74. The van der Waals surface area contributed by atoms with Gasteiger partial charge in [-0.15, -0.1) is 11.3 Å². The van der Waals surface area contributed by atoms with E-state index in [1.165, 1.54) is 11.3 Å². The van der Waals surface area contributed by atoms with E-state index in [1.54, 1.807) is 23.1 Å². The van der Waals surface area contributed by atoms with Crippen molar-refractivity contribution >= 4 is 38.9 Å². The van der Waals surface area contributed by atoms with E-state index in [0.29, 0.717) is 23.0 Å². The molecule has 0 radical (unpaired) electrons. The van der Waals surface area contributed by atoms with E-state index in [4.69, 9.17) is 11.6 Å². The van der Waals surface area contributed by atoms with Crippen molar-refractivity contribution in [2.75, 3.05) is 27.2 Å². The number of fused-ring (bicyclic) bond motifs is 1. The van der Waals surface area contributed by atoms with Gasteiger partial charge in [-0.3, -0.25) is 4.79 Å². The Labute approximate surface area is 162 Å².